The van der Waals surface area contributed by atoms with Gasteiger partial charge in [-0.05, 0) is 42.4 Å². The molecule has 0 spiro atoms. The third-order valence-corrected chi connectivity index (χ3v) is 5.42. The van der Waals surface area contributed by atoms with Gasteiger partial charge in [-0.1, -0.05) is 12.1 Å². The van der Waals surface area contributed by atoms with Crippen LogP contribution in [0.2, 0.25) is 0 Å². The standard InChI is InChI=1S/C18H21N5O/c19-7-13-2-1-3-14(4-13)8-22-9-15-5-17(23-12-20-11-21-23)18(24)6-16(15)10-22/h1-4,11-12,15-18,24H,5-6,8-10H2/t15-,16+,17-,18-/m1/s1. The van der Waals surface area contributed by atoms with Gasteiger partial charge >= 0.3 is 0 Å². The maximum atomic E-state index is 10.5. The highest BCUT2D eigenvalue weighted by Gasteiger charge is 2.42. The van der Waals surface area contributed by atoms with Gasteiger partial charge in [0.05, 0.1) is 23.8 Å². The molecular weight excluding hydrogens is 302 g/mol. The number of aliphatic hydroxyl groups excluding tert-OH is 1. The van der Waals surface area contributed by atoms with E-state index in [4.69, 9.17) is 5.26 Å². The summed E-state index contributed by atoms with van der Waals surface area (Å²) in [5.41, 5.74) is 1.90. The molecular formula is C18H21N5O. The maximum Gasteiger partial charge on any atom is 0.137 e. The first-order valence-electron chi connectivity index (χ1n) is 8.46. The Hall–Kier alpha value is -2.23. The maximum absolute atomic E-state index is 10.5. The molecule has 1 N–H and O–H groups in total. The number of aliphatic hydroxyl groups is 1. The van der Waals surface area contributed by atoms with Gasteiger partial charge in [-0.15, -0.1) is 0 Å². The van der Waals surface area contributed by atoms with Crippen molar-refractivity contribution >= 4 is 0 Å². The van der Waals surface area contributed by atoms with E-state index in [9.17, 15) is 5.11 Å². The van der Waals surface area contributed by atoms with E-state index in [1.165, 1.54) is 11.9 Å². The number of aromatic nitrogens is 3. The van der Waals surface area contributed by atoms with Crippen molar-refractivity contribution in [1.82, 2.24) is 19.7 Å². The highest BCUT2D eigenvalue weighted by atomic mass is 16.3. The zero-order valence-corrected chi connectivity index (χ0v) is 13.5. The Morgan fingerprint density at radius 3 is 2.83 bits per heavy atom. The minimum absolute atomic E-state index is 0.0376. The van der Waals surface area contributed by atoms with Crippen LogP contribution in [0.15, 0.2) is 36.9 Å². The molecule has 0 radical (unpaired) electrons. The Morgan fingerprint density at radius 2 is 2.08 bits per heavy atom. The van der Waals surface area contributed by atoms with Crippen LogP contribution in [0.4, 0.5) is 0 Å². The molecule has 1 saturated carbocycles. The average Bonchev–Trinajstić information content (AvgIpc) is 3.23. The predicted octanol–water partition coefficient (Wildman–Crippen LogP) is 1.59. The van der Waals surface area contributed by atoms with E-state index in [2.05, 4.69) is 27.1 Å². The molecule has 1 aliphatic carbocycles. The largest absolute Gasteiger partial charge is 0.391 e. The molecule has 124 valence electrons. The normalized spacial score (nSPS) is 30.0. The van der Waals surface area contributed by atoms with Crippen LogP contribution >= 0.6 is 0 Å². The molecule has 1 saturated heterocycles. The lowest BCUT2D eigenvalue weighted by Crippen LogP contribution is -2.36. The lowest BCUT2D eigenvalue weighted by molar-refractivity contribution is 0.0304. The monoisotopic (exact) mass is 323 g/mol. The molecule has 4 rings (SSSR count). The predicted molar refractivity (Wildman–Crippen MR) is 87.7 cm³/mol. The number of fused-ring (bicyclic) bond motifs is 1. The highest BCUT2D eigenvalue weighted by molar-refractivity contribution is 5.32. The minimum atomic E-state index is -0.352. The van der Waals surface area contributed by atoms with Gasteiger partial charge in [0.25, 0.3) is 0 Å². The third-order valence-electron chi connectivity index (χ3n) is 5.42. The van der Waals surface area contributed by atoms with Crippen LogP contribution in [-0.2, 0) is 6.54 Å². The molecule has 2 aromatic rings. The van der Waals surface area contributed by atoms with Crippen LogP contribution in [0.25, 0.3) is 0 Å². The fraction of sp³-hybridized carbons (Fsp3) is 0.500. The first-order chi connectivity index (χ1) is 11.7. The average molecular weight is 323 g/mol. The molecule has 4 atom stereocenters. The fourth-order valence-electron chi connectivity index (χ4n) is 4.30. The summed E-state index contributed by atoms with van der Waals surface area (Å²) in [7, 11) is 0. The molecule has 1 aliphatic heterocycles. The second-order valence-corrected chi connectivity index (χ2v) is 7.01. The number of hydrogen-bond donors (Lipinski definition) is 1. The molecule has 1 aromatic carbocycles. The molecule has 6 heteroatoms. The van der Waals surface area contributed by atoms with Crippen LogP contribution in [0.1, 0.15) is 30.0 Å². The Kier molecular flexibility index (Phi) is 4.05. The number of hydrogen-bond acceptors (Lipinski definition) is 5. The molecule has 0 unspecified atom stereocenters. The number of nitrogens with zero attached hydrogens (tertiary/aromatic N) is 5. The van der Waals surface area contributed by atoms with Crippen molar-refractivity contribution in [1.29, 1.82) is 5.26 Å². The third kappa shape index (κ3) is 2.93. The summed E-state index contributed by atoms with van der Waals surface area (Å²) in [5.74, 6) is 1.13. The number of benzene rings is 1. The SMILES string of the molecule is N#Cc1cccc(CN2C[C@H]3C[C@@H](n4cncn4)[C@H](O)C[C@H]3C2)c1. The van der Waals surface area contributed by atoms with E-state index < -0.39 is 0 Å². The zero-order chi connectivity index (χ0) is 16.5. The summed E-state index contributed by atoms with van der Waals surface area (Å²) in [6.07, 6.45) is 4.65. The first kappa shape index (κ1) is 15.3. The molecule has 2 heterocycles. The van der Waals surface area contributed by atoms with Crippen LogP contribution in [-0.4, -0.2) is 44.0 Å². The molecule has 6 nitrogen and oxygen atoms in total. The Bertz CT molecular complexity index is 738. The van der Waals surface area contributed by atoms with Gasteiger partial charge in [0.1, 0.15) is 12.7 Å². The molecule has 2 fully saturated rings. The van der Waals surface area contributed by atoms with Crippen molar-refractivity contribution in [2.75, 3.05) is 13.1 Å². The Labute approximate surface area is 141 Å². The number of nitriles is 1. The number of rotatable bonds is 3. The molecule has 2 aliphatic rings. The van der Waals surface area contributed by atoms with Crippen LogP contribution in [0.3, 0.4) is 0 Å². The van der Waals surface area contributed by atoms with Gasteiger partial charge in [-0.3, -0.25) is 4.90 Å². The van der Waals surface area contributed by atoms with Gasteiger partial charge in [0, 0.05) is 19.6 Å². The minimum Gasteiger partial charge on any atom is -0.391 e. The summed E-state index contributed by atoms with van der Waals surface area (Å²) in [5, 5.41) is 23.7. The van der Waals surface area contributed by atoms with Crippen molar-refractivity contribution in [3.8, 4) is 6.07 Å². The Balaban J connectivity index is 1.43. The lowest BCUT2D eigenvalue weighted by Gasteiger charge is -2.35. The highest BCUT2D eigenvalue weighted by Crippen LogP contribution is 2.41. The van der Waals surface area contributed by atoms with Gasteiger partial charge < -0.3 is 5.11 Å². The smallest absolute Gasteiger partial charge is 0.137 e. The summed E-state index contributed by atoms with van der Waals surface area (Å²) in [4.78, 5) is 6.46. The van der Waals surface area contributed by atoms with Crippen molar-refractivity contribution < 1.29 is 5.11 Å². The van der Waals surface area contributed by atoms with Crippen molar-refractivity contribution in [3.63, 3.8) is 0 Å². The summed E-state index contributed by atoms with van der Waals surface area (Å²) < 4.78 is 1.81. The first-order valence-corrected chi connectivity index (χ1v) is 8.46. The molecule has 24 heavy (non-hydrogen) atoms. The summed E-state index contributed by atoms with van der Waals surface area (Å²) in [6, 6.07) is 10.1. The second-order valence-electron chi connectivity index (χ2n) is 7.01. The topological polar surface area (TPSA) is 78.0 Å². The van der Waals surface area contributed by atoms with Gasteiger partial charge in [-0.2, -0.15) is 10.4 Å². The summed E-state index contributed by atoms with van der Waals surface area (Å²) in [6.45, 7) is 2.93. The van der Waals surface area contributed by atoms with Gasteiger partial charge in [0.2, 0.25) is 0 Å². The molecule has 1 aromatic heterocycles. The quantitative estimate of drug-likeness (QED) is 0.928. The number of likely N-dealkylation sites (tertiary alicyclic amines) is 1. The van der Waals surface area contributed by atoms with Crippen molar-refractivity contribution in [2.24, 2.45) is 11.8 Å². The fourth-order valence-corrected chi connectivity index (χ4v) is 4.30. The van der Waals surface area contributed by atoms with Crippen molar-refractivity contribution in [2.45, 2.75) is 31.5 Å². The van der Waals surface area contributed by atoms with Gasteiger partial charge in [-0.25, -0.2) is 9.67 Å². The van der Waals surface area contributed by atoms with E-state index in [1.54, 1.807) is 11.0 Å². The van der Waals surface area contributed by atoms with E-state index >= 15 is 0 Å². The Morgan fingerprint density at radius 1 is 1.25 bits per heavy atom. The van der Waals surface area contributed by atoms with Gasteiger partial charge in [0.15, 0.2) is 0 Å². The zero-order valence-electron chi connectivity index (χ0n) is 13.5. The second kappa shape index (κ2) is 6.34. The molecule has 0 amide bonds. The lowest BCUT2D eigenvalue weighted by atomic mass is 9.77. The van der Waals surface area contributed by atoms with E-state index in [0.29, 0.717) is 17.4 Å². The van der Waals surface area contributed by atoms with Crippen LogP contribution < -0.4 is 0 Å². The van der Waals surface area contributed by atoms with Crippen molar-refractivity contribution in [3.05, 3.63) is 48.0 Å². The summed E-state index contributed by atoms with van der Waals surface area (Å²) >= 11 is 0. The van der Waals surface area contributed by atoms with E-state index in [1.807, 2.05) is 18.2 Å². The molecule has 0 bridgehead atoms. The van der Waals surface area contributed by atoms with Crippen LogP contribution in [0.5, 0.6) is 0 Å². The van der Waals surface area contributed by atoms with Crippen LogP contribution in [0, 0.1) is 23.2 Å². The van der Waals surface area contributed by atoms with E-state index in [0.717, 1.165) is 32.5 Å². The van der Waals surface area contributed by atoms with E-state index in [-0.39, 0.29) is 12.1 Å².